The number of para-hydroxylation sites is 1. The molecule has 1 aliphatic heterocycles. The summed E-state index contributed by atoms with van der Waals surface area (Å²) in [6, 6.07) is 16.6. The molecule has 2 aromatic rings. The van der Waals surface area contributed by atoms with E-state index in [1.165, 1.54) is 0 Å². The fourth-order valence-corrected chi connectivity index (χ4v) is 3.24. The molecule has 1 saturated heterocycles. The van der Waals surface area contributed by atoms with Crippen molar-refractivity contribution in [1.29, 1.82) is 0 Å². The van der Waals surface area contributed by atoms with E-state index in [-0.39, 0.29) is 6.04 Å². The summed E-state index contributed by atoms with van der Waals surface area (Å²) in [5.41, 5.74) is 0.578. The summed E-state index contributed by atoms with van der Waals surface area (Å²) >= 11 is 0. The molecule has 0 bridgehead atoms. The van der Waals surface area contributed by atoms with E-state index < -0.39 is 11.8 Å². The van der Waals surface area contributed by atoms with E-state index in [0.717, 1.165) is 31.4 Å². The highest BCUT2D eigenvalue weighted by molar-refractivity contribution is 6.39. The van der Waals surface area contributed by atoms with Crippen molar-refractivity contribution in [2.75, 3.05) is 11.9 Å². The summed E-state index contributed by atoms with van der Waals surface area (Å²) in [6.45, 7) is 2.72. The number of carbonyl (C=O) groups is 2. The van der Waals surface area contributed by atoms with E-state index >= 15 is 0 Å². The number of ether oxygens (including phenoxy) is 1. The highest BCUT2D eigenvalue weighted by Crippen LogP contribution is 2.23. The molecule has 0 radical (unpaired) electrons. The van der Waals surface area contributed by atoms with Crippen molar-refractivity contribution in [2.45, 2.75) is 38.6 Å². The Balaban J connectivity index is 1.59. The molecule has 1 N–H and O–H groups in total. The highest BCUT2D eigenvalue weighted by Gasteiger charge is 2.29. The molecule has 5 nitrogen and oxygen atoms in total. The Morgan fingerprint density at radius 2 is 1.73 bits per heavy atom. The molecular weight excluding hydrogens is 328 g/mol. The lowest BCUT2D eigenvalue weighted by molar-refractivity contribution is -0.145. The van der Waals surface area contributed by atoms with Gasteiger partial charge in [0.15, 0.2) is 0 Å². The average molecular weight is 352 g/mol. The molecule has 2 amide bonds. The summed E-state index contributed by atoms with van der Waals surface area (Å²) in [5.74, 6) is 0.390. The van der Waals surface area contributed by atoms with Crippen molar-refractivity contribution < 1.29 is 14.3 Å². The molecule has 0 saturated carbocycles. The van der Waals surface area contributed by atoms with Crippen LogP contribution >= 0.6 is 0 Å². The molecule has 1 atom stereocenters. The first kappa shape index (κ1) is 18.0. The van der Waals surface area contributed by atoms with Gasteiger partial charge < -0.3 is 15.0 Å². The van der Waals surface area contributed by atoms with Crippen LogP contribution in [0.2, 0.25) is 0 Å². The van der Waals surface area contributed by atoms with E-state index in [2.05, 4.69) is 12.2 Å². The Bertz CT molecular complexity index is 744. The Kier molecular flexibility index (Phi) is 5.89. The van der Waals surface area contributed by atoms with Crippen LogP contribution in [0.15, 0.2) is 54.6 Å². The standard InChI is InChI=1S/C21H24N2O3/c1-2-17-8-6-7-15-23(17)21(25)20(24)22-16-11-13-19(14-12-16)26-18-9-4-3-5-10-18/h3-5,9-14,17H,2,6-8,15H2,1H3,(H,22,24). The second kappa shape index (κ2) is 8.52. The number of hydrogen-bond acceptors (Lipinski definition) is 3. The van der Waals surface area contributed by atoms with Crippen LogP contribution in [0, 0.1) is 0 Å². The number of amides is 2. The largest absolute Gasteiger partial charge is 0.457 e. The molecule has 0 spiro atoms. The van der Waals surface area contributed by atoms with E-state index in [1.807, 2.05) is 30.3 Å². The maximum absolute atomic E-state index is 12.5. The van der Waals surface area contributed by atoms with Gasteiger partial charge in [-0.3, -0.25) is 9.59 Å². The number of nitrogens with one attached hydrogen (secondary N) is 1. The van der Waals surface area contributed by atoms with Crippen molar-refractivity contribution >= 4 is 17.5 Å². The molecule has 0 aliphatic carbocycles. The molecule has 1 unspecified atom stereocenters. The SMILES string of the molecule is CCC1CCCCN1C(=O)C(=O)Nc1ccc(Oc2ccccc2)cc1. The van der Waals surface area contributed by atoms with Crippen molar-refractivity contribution in [3.63, 3.8) is 0 Å². The van der Waals surface area contributed by atoms with Crippen molar-refractivity contribution in [1.82, 2.24) is 4.90 Å². The monoisotopic (exact) mass is 352 g/mol. The topological polar surface area (TPSA) is 58.6 Å². The predicted molar refractivity (Wildman–Crippen MR) is 101 cm³/mol. The van der Waals surface area contributed by atoms with E-state index in [1.54, 1.807) is 29.2 Å². The fraction of sp³-hybridized carbons (Fsp3) is 0.333. The molecule has 2 aromatic carbocycles. The second-order valence-electron chi connectivity index (χ2n) is 6.45. The average Bonchev–Trinajstić information content (AvgIpc) is 2.69. The van der Waals surface area contributed by atoms with E-state index in [4.69, 9.17) is 4.74 Å². The molecule has 136 valence electrons. The van der Waals surface area contributed by atoms with Crippen molar-refractivity contribution in [2.24, 2.45) is 0 Å². The van der Waals surface area contributed by atoms with Gasteiger partial charge in [0.25, 0.3) is 0 Å². The zero-order valence-corrected chi connectivity index (χ0v) is 15.0. The van der Waals surface area contributed by atoms with Crippen LogP contribution in [-0.4, -0.2) is 29.3 Å². The quantitative estimate of drug-likeness (QED) is 0.839. The smallest absolute Gasteiger partial charge is 0.313 e. The number of benzene rings is 2. The minimum absolute atomic E-state index is 0.170. The first-order chi connectivity index (χ1) is 12.7. The van der Waals surface area contributed by atoms with Gasteiger partial charge >= 0.3 is 11.8 Å². The fourth-order valence-electron chi connectivity index (χ4n) is 3.24. The van der Waals surface area contributed by atoms with Gasteiger partial charge in [0, 0.05) is 18.3 Å². The van der Waals surface area contributed by atoms with Crippen molar-refractivity contribution in [3.8, 4) is 11.5 Å². The molecule has 3 rings (SSSR count). The second-order valence-corrected chi connectivity index (χ2v) is 6.45. The molecule has 1 fully saturated rings. The first-order valence-electron chi connectivity index (χ1n) is 9.12. The van der Waals surface area contributed by atoms with Crippen LogP contribution in [0.25, 0.3) is 0 Å². The Hall–Kier alpha value is -2.82. The maximum Gasteiger partial charge on any atom is 0.313 e. The van der Waals surface area contributed by atoms with Crippen LogP contribution in [-0.2, 0) is 9.59 Å². The Labute approximate surface area is 154 Å². The summed E-state index contributed by atoms with van der Waals surface area (Å²) in [5, 5.41) is 2.69. The highest BCUT2D eigenvalue weighted by atomic mass is 16.5. The van der Waals surface area contributed by atoms with Gasteiger partial charge in [-0.2, -0.15) is 0 Å². The molecule has 5 heteroatoms. The summed E-state index contributed by atoms with van der Waals surface area (Å²) in [4.78, 5) is 26.5. The van der Waals surface area contributed by atoms with Gasteiger partial charge in [0.2, 0.25) is 0 Å². The maximum atomic E-state index is 12.5. The third kappa shape index (κ3) is 4.42. The molecular formula is C21H24N2O3. The summed E-state index contributed by atoms with van der Waals surface area (Å²) in [6.07, 6.45) is 3.93. The minimum atomic E-state index is -0.581. The third-order valence-electron chi connectivity index (χ3n) is 4.64. The molecule has 1 aliphatic rings. The van der Waals surface area contributed by atoms with Gasteiger partial charge in [-0.05, 0) is 62.1 Å². The number of nitrogens with zero attached hydrogens (tertiary/aromatic N) is 1. The van der Waals surface area contributed by atoms with Crippen LogP contribution in [0.5, 0.6) is 11.5 Å². The zero-order valence-electron chi connectivity index (χ0n) is 15.0. The van der Waals surface area contributed by atoms with E-state index in [0.29, 0.717) is 18.0 Å². The van der Waals surface area contributed by atoms with Gasteiger partial charge in [0.1, 0.15) is 11.5 Å². The van der Waals surface area contributed by atoms with Gasteiger partial charge in [-0.25, -0.2) is 0 Å². The lowest BCUT2D eigenvalue weighted by Crippen LogP contribution is -2.48. The normalized spacial score (nSPS) is 16.8. The van der Waals surface area contributed by atoms with E-state index in [9.17, 15) is 9.59 Å². The number of carbonyl (C=O) groups excluding carboxylic acids is 2. The van der Waals surface area contributed by atoms with Crippen LogP contribution in [0.4, 0.5) is 5.69 Å². The predicted octanol–water partition coefficient (Wildman–Crippen LogP) is 4.21. The number of likely N-dealkylation sites (tertiary alicyclic amines) is 1. The number of rotatable bonds is 4. The zero-order chi connectivity index (χ0) is 18.4. The van der Waals surface area contributed by atoms with Crippen LogP contribution in [0.1, 0.15) is 32.6 Å². The Morgan fingerprint density at radius 1 is 1.04 bits per heavy atom. The van der Waals surface area contributed by atoms with Gasteiger partial charge in [-0.15, -0.1) is 0 Å². The number of hydrogen-bond donors (Lipinski definition) is 1. The van der Waals surface area contributed by atoms with Crippen LogP contribution in [0.3, 0.4) is 0 Å². The third-order valence-corrected chi connectivity index (χ3v) is 4.64. The van der Waals surface area contributed by atoms with Gasteiger partial charge in [-0.1, -0.05) is 25.1 Å². The molecule has 0 aromatic heterocycles. The number of piperidine rings is 1. The lowest BCUT2D eigenvalue weighted by Gasteiger charge is -2.34. The lowest BCUT2D eigenvalue weighted by atomic mass is 10.00. The first-order valence-corrected chi connectivity index (χ1v) is 9.12. The van der Waals surface area contributed by atoms with Crippen molar-refractivity contribution in [3.05, 3.63) is 54.6 Å². The minimum Gasteiger partial charge on any atom is -0.457 e. The Morgan fingerprint density at radius 3 is 2.42 bits per heavy atom. The molecule has 1 heterocycles. The van der Waals surface area contributed by atoms with Gasteiger partial charge in [0.05, 0.1) is 0 Å². The molecule has 26 heavy (non-hydrogen) atoms. The number of anilines is 1. The summed E-state index contributed by atoms with van der Waals surface area (Å²) < 4.78 is 5.72. The van der Waals surface area contributed by atoms with Crippen LogP contribution < -0.4 is 10.1 Å². The summed E-state index contributed by atoms with van der Waals surface area (Å²) in [7, 11) is 0.